The standard InChI is InChI=1S/C11H11N3OS/c12-5-9(15)7-6-14-8-3-1-2-4-10(8)16-11(14)13-7/h1-4,6,9,15H,5,12H2. The van der Waals surface area contributed by atoms with Crippen LogP contribution in [-0.2, 0) is 0 Å². The van der Waals surface area contributed by atoms with Gasteiger partial charge in [0.15, 0.2) is 4.96 Å². The lowest BCUT2D eigenvalue weighted by atomic mass is 10.3. The number of rotatable bonds is 2. The monoisotopic (exact) mass is 233 g/mol. The third kappa shape index (κ3) is 1.33. The summed E-state index contributed by atoms with van der Waals surface area (Å²) in [4.78, 5) is 5.26. The normalized spacial score (nSPS) is 13.6. The van der Waals surface area contributed by atoms with E-state index in [0.29, 0.717) is 5.69 Å². The molecule has 4 nitrogen and oxygen atoms in total. The van der Waals surface area contributed by atoms with Crippen LogP contribution in [0.2, 0.25) is 0 Å². The Morgan fingerprint density at radius 1 is 1.44 bits per heavy atom. The quantitative estimate of drug-likeness (QED) is 0.705. The van der Waals surface area contributed by atoms with Crippen molar-refractivity contribution in [3.63, 3.8) is 0 Å². The van der Waals surface area contributed by atoms with Gasteiger partial charge in [-0.2, -0.15) is 0 Å². The average Bonchev–Trinajstić information content (AvgIpc) is 2.85. The van der Waals surface area contributed by atoms with Gasteiger partial charge in [-0.1, -0.05) is 23.5 Å². The number of imidazole rings is 1. The van der Waals surface area contributed by atoms with Crippen molar-refractivity contribution >= 4 is 26.5 Å². The molecule has 2 aromatic heterocycles. The maximum Gasteiger partial charge on any atom is 0.195 e. The Morgan fingerprint density at radius 2 is 2.25 bits per heavy atom. The summed E-state index contributed by atoms with van der Waals surface area (Å²) in [7, 11) is 0. The van der Waals surface area contributed by atoms with Crippen LogP contribution in [0.15, 0.2) is 30.5 Å². The van der Waals surface area contributed by atoms with Crippen molar-refractivity contribution in [1.82, 2.24) is 9.38 Å². The van der Waals surface area contributed by atoms with Crippen LogP contribution >= 0.6 is 11.3 Å². The minimum Gasteiger partial charge on any atom is -0.385 e. The molecule has 3 N–H and O–H groups in total. The summed E-state index contributed by atoms with van der Waals surface area (Å²) in [6.45, 7) is 0.197. The van der Waals surface area contributed by atoms with E-state index in [1.807, 2.05) is 28.8 Å². The van der Waals surface area contributed by atoms with Crippen molar-refractivity contribution in [3.05, 3.63) is 36.2 Å². The summed E-state index contributed by atoms with van der Waals surface area (Å²) < 4.78 is 3.19. The Hall–Kier alpha value is -1.43. The maximum absolute atomic E-state index is 9.62. The first-order valence-electron chi connectivity index (χ1n) is 5.04. The first-order valence-corrected chi connectivity index (χ1v) is 5.86. The summed E-state index contributed by atoms with van der Waals surface area (Å²) in [5.41, 5.74) is 7.17. The zero-order valence-corrected chi connectivity index (χ0v) is 9.31. The predicted molar refractivity (Wildman–Crippen MR) is 64.6 cm³/mol. The van der Waals surface area contributed by atoms with Crippen molar-refractivity contribution in [2.24, 2.45) is 5.73 Å². The maximum atomic E-state index is 9.62. The molecule has 0 aliphatic carbocycles. The van der Waals surface area contributed by atoms with Gasteiger partial charge in [0.05, 0.1) is 15.9 Å². The van der Waals surface area contributed by atoms with E-state index in [0.717, 1.165) is 10.5 Å². The molecule has 0 bridgehead atoms. The van der Waals surface area contributed by atoms with Crippen LogP contribution in [0, 0.1) is 0 Å². The second kappa shape index (κ2) is 3.55. The molecule has 16 heavy (non-hydrogen) atoms. The third-order valence-electron chi connectivity index (χ3n) is 2.58. The Morgan fingerprint density at radius 3 is 3.06 bits per heavy atom. The molecule has 1 aromatic carbocycles. The molecule has 0 amide bonds. The number of hydrogen-bond acceptors (Lipinski definition) is 4. The van der Waals surface area contributed by atoms with Crippen LogP contribution in [0.25, 0.3) is 15.2 Å². The highest BCUT2D eigenvalue weighted by Gasteiger charge is 2.13. The molecule has 5 heteroatoms. The molecule has 82 valence electrons. The number of para-hydroxylation sites is 1. The van der Waals surface area contributed by atoms with Gasteiger partial charge in [-0.3, -0.25) is 4.40 Å². The lowest BCUT2D eigenvalue weighted by Crippen LogP contribution is -2.11. The first kappa shape index (κ1) is 9.77. The van der Waals surface area contributed by atoms with Crippen LogP contribution in [0.5, 0.6) is 0 Å². The fourth-order valence-corrected chi connectivity index (χ4v) is 2.76. The second-order valence-corrected chi connectivity index (χ2v) is 4.65. The Kier molecular flexibility index (Phi) is 2.17. The molecule has 0 aliphatic heterocycles. The lowest BCUT2D eigenvalue weighted by Gasteiger charge is -2.01. The van der Waals surface area contributed by atoms with Gasteiger partial charge in [0.1, 0.15) is 6.10 Å². The number of nitrogens with two attached hydrogens (primary N) is 1. The minimum atomic E-state index is -0.675. The minimum absolute atomic E-state index is 0.197. The number of thiazole rings is 1. The Bertz CT molecular complexity index is 643. The summed E-state index contributed by atoms with van der Waals surface area (Å²) in [6.07, 6.45) is 1.18. The zero-order chi connectivity index (χ0) is 11.1. The van der Waals surface area contributed by atoms with E-state index in [-0.39, 0.29) is 6.54 Å². The van der Waals surface area contributed by atoms with Gasteiger partial charge in [0, 0.05) is 12.7 Å². The molecule has 0 radical (unpaired) electrons. The highest BCUT2D eigenvalue weighted by molar-refractivity contribution is 7.23. The van der Waals surface area contributed by atoms with Crippen molar-refractivity contribution in [1.29, 1.82) is 0 Å². The first-order chi connectivity index (χ1) is 7.79. The molecule has 0 saturated heterocycles. The van der Waals surface area contributed by atoms with Crippen molar-refractivity contribution in [2.75, 3.05) is 6.54 Å². The topological polar surface area (TPSA) is 63.5 Å². The summed E-state index contributed by atoms with van der Waals surface area (Å²) in [5.74, 6) is 0. The van der Waals surface area contributed by atoms with E-state index in [2.05, 4.69) is 11.1 Å². The van der Waals surface area contributed by atoms with Crippen LogP contribution in [0.4, 0.5) is 0 Å². The number of benzene rings is 1. The number of aromatic nitrogens is 2. The molecule has 2 heterocycles. The molecule has 1 unspecified atom stereocenters. The average molecular weight is 233 g/mol. The van der Waals surface area contributed by atoms with Crippen LogP contribution in [0.1, 0.15) is 11.8 Å². The summed E-state index contributed by atoms with van der Waals surface area (Å²) in [5, 5.41) is 9.62. The Labute approximate surface area is 96.0 Å². The number of hydrogen-bond donors (Lipinski definition) is 2. The largest absolute Gasteiger partial charge is 0.385 e. The number of nitrogens with zero attached hydrogens (tertiary/aromatic N) is 2. The molecular weight excluding hydrogens is 222 g/mol. The number of aliphatic hydroxyl groups excluding tert-OH is 1. The molecule has 0 spiro atoms. The molecule has 1 atom stereocenters. The summed E-state index contributed by atoms with van der Waals surface area (Å²) >= 11 is 1.61. The predicted octanol–water partition coefficient (Wildman–Crippen LogP) is 1.54. The fourth-order valence-electron chi connectivity index (χ4n) is 1.75. The van der Waals surface area contributed by atoms with Crippen molar-refractivity contribution in [2.45, 2.75) is 6.10 Å². The van der Waals surface area contributed by atoms with E-state index < -0.39 is 6.10 Å². The summed E-state index contributed by atoms with van der Waals surface area (Å²) in [6, 6.07) is 8.11. The number of fused-ring (bicyclic) bond motifs is 3. The van der Waals surface area contributed by atoms with Crippen LogP contribution < -0.4 is 5.73 Å². The Balaban J connectivity index is 2.26. The van der Waals surface area contributed by atoms with Crippen molar-refractivity contribution in [3.8, 4) is 0 Å². The highest BCUT2D eigenvalue weighted by atomic mass is 32.1. The number of aliphatic hydroxyl groups is 1. The van der Waals surface area contributed by atoms with Gasteiger partial charge in [-0.15, -0.1) is 0 Å². The molecule has 0 saturated carbocycles. The molecule has 0 fully saturated rings. The fraction of sp³-hybridized carbons (Fsp3) is 0.182. The van der Waals surface area contributed by atoms with Crippen LogP contribution in [-0.4, -0.2) is 21.0 Å². The molecule has 0 aliphatic rings. The second-order valence-electron chi connectivity index (χ2n) is 3.64. The van der Waals surface area contributed by atoms with E-state index in [4.69, 9.17) is 5.73 Å². The van der Waals surface area contributed by atoms with Gasteiger partial charge >= 0.3 is 0 Å². The van der Waals surface area contributed by atoms with Gasteiger partial charge in [-0.25, -0.2) is 4.98 Å². The third-order valence-corrected chi connectivity index (χ3v) is 3.62. The SMILES string of the molecule is NCC(O)c1cn2c(n1)sc1ccccc12. The van der Waals surface area contributed by atoms with Gasteiger partial charge in [-0.05, 0) is 12.1 Å². The van der Waals surface area contributed by atoms with E-state index in [9.17, 15) is 5.11 Å². The van der Waals surface area contributed by atoms with Gasteiger partial charge < -0.3 is 10.8 Å². The van der Waals surface area contributed by atoms with Crippen LogP contribution in [0.3, 0.4) is 0 Å². The smallest absolute Gasteiger partial charge is 0.195 e. The van der Waals surface area contributed by atoms with E-state index >= 15 is 0 Å². The van der Waals surface area contributed by atoms with E-state index in [1.165, 1.54) is 4.70 Å². The highest BCUT2D eigenvalue weighted by Crippen LogP contribution is 2.27. The zero-order valence-electron chi connectivity index (χ0n) is 8.50. The van der Waals surface area contributed by atoms with Gasteiger partial charge in [0.25, 0.3) is 0 Å². The van der Waals surface area contributed by atoms with E-state index in [1.54, 1.807) is 11.3 Å². The molecule has 3 rings (SSSR count). The lowest BCUT2D eigenvalue weighted by molar-refractivity contribution is 0.182. The van der Waals surface area contributed by atoms with Gasteiger partial charge in [0.2, 0.25) is 0 Å². The molecule has 3 aromatic rings. The van der Waals surface area contributed by atoms with Crippen molar-refractivity contribution < 1.29 is 5.11 Å². The molecular formula is C11H11N3OS.